The van der Waals surface area contributed by atoms with E-state index in [1.165, 1.54) is 16.0 Å². The molecule has 0 N–H and O–H groups in total. The predicted octanol–water partition coefficient (Wildman–Crippen LogP) is 3.99. The average molecular weight is 188 g/mol. The van der Waals surface area contributed by atoms with E-state index in [1.54, 1.807) is 11.8 Å². The molecule has 1 aromatic carbocycles. The van der Waals surface area contributed by atoms with Crippen LogP contribution in [0.1, 0.15) is 17.5 Å². The molecule has 2 rings (SSSR count). The van der Waals surface area contributed by atoms with E-state index in [9.17, 15) is 0 Å². The first kappa shape index (κ1) is 8.64. The summed E-state index contributed by atoms with van der Waals surface area (Å²) in [5.74, 6) is 0. The second-order valence-electron chi connectivity index (χ2n) is 3.16. The van der Waals surface area contributed by atoms with Gasteiger partial charge in [0, 0.05) is 4.91 Å². The van der Waals surface area contributed by atoms with Gasteiger partial charge in [-0.15, -0.1) is 0 Å². The van der Waals surface area contributed by atoms with Crippen LogP contribution in [0.4, 0.5) is 0 Å². The van der Waals surface area contributed by atoms with Gasteiger partial charge in [-0.25, -0.2) is 0 Å². The molecule has 1 heterocycles. The topological polar surface area (TPSA) is 0 Å². The van der Waals surface area contributed by atoms with Crippen LogP contribution >= 0.6 is 11.8 Å². The molecule has 0 saturated heterocycles. The van der Waals surface area contributed by atoms with Crippen molar-refractivity contribution < 1.29 is 0 Å². The summed E-state index contributed by atoms with van der Waals surface area (Å²) in [7, 11) is 0. The maximum Gasteiger partial charge on any atom is 0.0151 e. The minimum absolute atomic E-state index is 1.07. The molecule has 1 aliphatic rings. The third-order valence-electron chi connectivity index (χ3n) is 2.07. The van der Waals surface area contributed by atoms with E-state index in [0.717, 1.165) is 6.42 Å². The highest BCUT2D eigenvalue weighted by molar-refractivity contribution is 8.11. The van der Waals surface area contributed by atoms with Gasteiger partial charge in [-0.1, -0.05) is 53.7 Å². The maximum absolute atomic E-state index is 2.27. The van der Waals surface area contributed by atoms with E-state index >= 15 is 0 Å². The predicted molar refractivity (Wildman–Crippen MR) is 60.5 cm³/mol. The van der Waals surface area contributed by atoms with Gasteiger partial charge in [-0.3, -0.25) is 0 Å². The van der Waals surface area contributed by atoms with Crippen molar-refractivity contribution in [1.82, 2.24) is 0 Å². The number of allylic oxidation sites excluding steroid dienone is 2. The van der Waals surface area contributed by atoms with Crippen molar-refractivity contribution in [1.29, 1.82) is 0 Å². The van der Waals surface area contributed by atoms with Gasteiger partial charge in [0.25, 0.3) is 0 Å². The van der Waals surface area contributed by atoms with E-state index in [-0.39, 0.29) is 0 Å². The van der Waals surface area contributed by atoms with Crippen LogP contribution in [0.3, 0.4) is 0 Å². The molecule has 0 nitrogen and oxygen atoms in total. The number of thioether (sulfide) groups is 1. The van der Waals surface area contributed by atoms with Crippen molar-refractivity contribution in [3.63, 3.8) is 0 Å². The van der Waals surface area contributed by atoms with Gasteiger partial charge < -0.3 is 0 Å². The Hall–Kier alpha value is -0.950. The summed E-state index contributed by atoms with van der Waals surface area (Å²) in [6.45, 7) is 2.12. The van der Waals surface area contributed by atoms with Crippen LogP contribution < -0.4 is 0 Å². The Labute approximate surface area is 83.4 Å². The smallest absolute Gasteiger partial charge is 0.0151 e. The zero-order chi connectivity index (χ0) is 9.10. The minimum Gasteiger partial charge on any atom is -0.0981 e. The van der Waals surface area contributed by atoms with Crippen molar-refractivity contribution in [3.8, 4) is 0 Å². The van der Waals surface area contributed by atoms with Crippen LogP contribution in [0.2, 0.25) is 0 Å². The van der Waals surface area contributed by atoms with E-state index in [4.69, 9.17) is 0 Å². The molecule has 0 saturated carbocycles. The first-order valence-corrected chi connectivity index (χ1v) is 5.33. The Morgan fingerprint density at radius 1 is 1.15 bits per heavy atom. The van der Waals surface area contributed by atoms with Gasteiger partial charge in [0.05, 0.1) is 0 Å². The third kappa shape index (κ3) is 2.04. The van der Waals surface area contributed by atoms with E-state index in [2.05, 4.69) is 48.7 Å². The summed E-state index contributed by atoms with van der Waals surface area (Å²) in [5, 5.41) is 2.16. The Morgan fingerprint density at radius 2 is 1.92 bits per heavy atom. The van der Waals surface area contributed by atoms with Crippen LogP contribution in [0.25, 0.3) is 4.91 Å². The van der Waals surface area contributed by atoms with Gasteiger partial charge >= 0.3 is 0 Å². The number of hydrogen-bond donors (Lipinski definition) is 0. The highest BCUT2D eigenvalue weighted by Crippen LogP contribution is 2.31. The largest absolute Gasteiger partial charge is 0.0981 e. The molecule has 1 aromatic rings. The molecule has 0 spiro atoms. The Balaban J connectivity index is 2.25. The van der Waals surface area contributed by atoms with Crippen LogP contribution in [0, 0.1) is 6.92 Å². The lowest BCUT2D eigenvalue weighted by Gasteiger charge is -2.07. The van der Waals surface area contributed by atoms with Crippen molar-refractivity contribution in [2.45, 2.75) is 13.3 Å². The summed E-state index contributed by atoms with van der Waals surface area (Å²) in [4.78, 5) is 1.38. The van der Waals surface area contributed by atoms with Crippen LogP contribution in [0.5, 0.6) is 0 Å². The van der Waals surface area contributed by atoms with Gasteiger partial charge in [0.2, 0.25) is 0 Å². The lowest BCUT2D eigenvalue weighted by atomic mass is 10.1. The normalized spacial score (nSPS) is 15.6. The standard InChI is InChI=1S/C12H12S/c1-10-5-7-11(8-6-10)12-4-2-3-9-13-12/h3-9H,2H2,1H3. The number of rotatable bonds is 1. The van der Waals surface area contributed by atoms with Crippen molar-refractivity contribution in [2.75, 3.05) is 0 Å². The monoisotopic (exact) mass is 188 g/mol. The molecular weight excluding hydrogens is 176 g/mol. The van der Waals surface area contributed by atoms with Crippen molar-refractivity contribution >= 4 is 16.7 Å². The minimum atomic E-state index is 1.07. The fourth-order valence-electron chi connectivity index (χ4n) is 1.30. The molecule has 1 aliphatic heterocycles. The molecule has 0 unspecified atom stereocenters. The molecule has 13 heavy (non-hydrogen) atoms. The van der Waals surface area contributed by atoms with E-state index in [0.29, 0.717) is 0 Å². The van der Waals surface area contributed by atoms with Crippen LogP contribution in [-0.2, 0) is 0 Å². The van der Waals surface area contributed by atoms with Gasteiger partial charge in [-0.05, 0) is 24.3 Å². The van der Waals surface area contributed by atoms with Crippen LogP contribution in [0.15, 0.2) is 41.8 Å². The number of benzene rings is 1. The molecular formula is C12H12S. The molecule has 0 radical (unpaired) electrons. The second-order valence-corrected chi connectivity index (χ2v) is 4.11. The zero-order valence-electron chi connectivity index (χ0n) is 7.66. The molecule has 1 heteroatoms. The lowest BCUT2D eigenvalue weighted by molar-refractivity contribution is 1.40. The molecule has 66 valence electrons. The fraction of sp³-hybridized carbons (Fsp3) is 0.167. The van der Waals surface area contributed by atoms with E-state index < -0.39 is 0 Å². The molecule has 0 atom stereocenters. The summed E-state index contributed by atoms with van der Waals surface area (Å²) in [6.07, 6.45) is 5.52. The van der Waals surface area contributed by atoms with Crippen LogP contribution in [-0.4, -0.2) is 0 Å². The molecule has 0 aliphatic carbocycles. The van der Waals surface area contributed by atoms with Crippen molar-refractivity contribution in [3.05, 3.63) is 53.0 Å². The summed E-state index contributed by atoms with van der Waals surface area (Å²) in [6, 6.07) is 8.70. The first-order valence-electron chi connectivity index (χ1n) is 4.45. The Morgan fingerprint density at radius 3 is 2.54 bits per heavy atom. The number of hydrogen-bond acceptors (Lipinski definition) is 1. The average Bonchev–Trinajstić information content (AvgIpc) is 2.20. The lowest BCUT2D eigenvalue weighted by Crippen LogP contribution is -1.82. The Bertz CT molecular complexity index is 344. The van der Waals surface area contributed by atoms with Gasteiger partial charge in [0.15, 0.2) is 0 Å². The quantitative estimate of drug-likeness (QED) is 0.642. The van der Waals surface area contributed by atoms with Gasteiger partial charge in [0.1, 0.15) is 0 Å². The SMILES string of the molecule is Cc1ccc(C2=CCC=CS2)cc1. The Kier molecular flexibility index (Phi) is 2.55. The highest BCUT2D eigenvalue weighted by atomic mass is 32.2. The van der Waals surface area contributed by atoms with Crippen molar-refractivity contribution in [2.24, 2.45) is 0 Å². The molecule has 0 fully saturated rings. The summed E-state index contributed by atoms with van der Waals surface area (Å²) in [5.41, 5.74) is 2.65. The highest BCUT2D eigenvalue weighted by Gasteiger charge is 2.01. The molecule has 0 bridgehead atoms. The maximum atomic E-state index is 2.27. The van der Waals surface area contributed by atoms with E-state index in [1.807, 2.05) is 0 Å². The second kappa shape index (κ2) is 3.84. The molecule has 0 aromatic heterocycles. The molecule has 0 amide bonds. The summed E-state index contributed by atoms with van der Waals surface area (Å²) < 4.78 is 0. The van der Waals surface area contributed by atoms with Gasteiger partial charge in [-0.2, -0.15) is 0 Å². The zero-order valence-corrected chi connectivity index (χ0v) is 8.47. The first-order chi connectivity index (χ1) is 6.36. The summed E-state index contributed by atoms with van der Waals surface area (Å²) >= 11 is 1.80. The number of aryl methyl sites for hydroxylation is 1. The third-order valence-corrected chi connectivity index (χ3v) is 3.05. The fourth-order valence-corrected chi connectivity index (χ4v) is 2.12.